The number of nitrogens with zero attached hydrogens (tertiary/aromatic N) is 3. The summed E-state index contributed by atoms with van der Waals surface area (Å²) >= 11 is 0. The smallest absolute Gasteiger partial charge is 0.268 e. The van der Waals surface area contributed by atoms with Crippen LogP contribution in [0.2, 0.25) is 0 Å². The molecule has 1 aromatic rings. The highest BCUT2D eigenvalue weighted by molar-refractivity contribution is 5.37. The van der Waals surface area contributed by atoms with Crippen LogP contribution in [0.4, 0.5) is 5.69 Å². The molecule has 0 bridgehead atoms. The van der Waals surface area contributed by atoms with Gasteiger partial charge in [-0.2, -0.15) is 5.10 Å². The van der Waals surface area contributed by atoms with Crippen molar-refractivity contribution in [2.24, 2.45) is 0 Å². The molecule has 0 aliphatic carbocycles. The molecular formula is C13H22N4O2. The number of hydrogen-bond acceptors (Lipinski definition) is 5. The normalized spacial score (nSPS) is 20.7. The first kappa shape index (κ1) is 14.0. The van der Waals surface area contributed by atoms with Gasteiger partial charge in [0, 0.05) is 32.2 Å². The lowest BCUT2D eigenvalue weighted by atomic mass is 10.2. The highest BCUT2D eigenvalue weighted by Gasteiger charge is 2.23. The molecule has 1 aliphatic heterocycles. The number of rotatable bonds is 4. The Morgan fingerprint density at radius 1 is 1.58 bits per heavy atom. The van der Waals surface area contributed by atoms with Gasteiger partial charge in [0.1, 0.15) is 0 Å². The third-order valence-electron chi connectivity index (χ3n) is 3.44. The fourth-order valence-electron chi connectivity index (χ4n) is 2.22. The maximum atomic E-state index is 11.9. The molecule has 0 saturated carbocycles. The van der Waals surface area contributed by atoms with E-state index in [1.807, 2.05) is 0 Å². The Bertz CT molecular complexity index is 472. The van der Waals surface area contributed by atoms with Crippen LogP contribution in [0.5, 0.6) is 0 Å². The number of aromatic nitrogens is 2. The van der Waals surface area contributed by atoms with Gasteiger partial charge < -0.3 is 10.1 Å². The first-order valence-electron chi connectivity index (χ1n) is 6.70. The number of morpholine rings is 1. The molecule has 1 N–H and O–H groups in total. The average Bonchev–Trinajstić information content (AvgIpc) is 2.41. The number of ether oxygens (including phenoxy) is 1. The van der Waals surface area contributed by atoms with E-state index in [9.17, 15) is 4.79 Å². The summed E-state index contributed by atoms with van der Waals surface area (Å²) in [4.78, 5) is 14.2. The minimum atomic E-state index is -0.0999. The maximum Gasteiger partial charge on any atom is 0.268 e. The molecule has 6 heteroatoms. The zero-order valence-corrected chi connectivity index (χ0v) is 11.8. The Balaban J connectivity index is 2.02. The van der Waals surface area contributed by atoms with Gasteiger partial charge in [-0.15, -0.1) is 0 Å². The lowest BCUT2D eigenvalue weighted by Crippen LogP contribution is -2.48. The monoisotopic (exact) mass is 266 g/mol. The molecule has 1 fully saturated rings. The second-order valence-electron chi connectivity index (χ2n) is 5.10. The summed E-state index contributed by atoms with van der Waals surface area (Å²) in [5, 5.41) is 7.06. The van der Waals surface area contributed by atoms with E-state index in [0.717, 1.165) is 18.8 Å². The molecule has 1 aromatic heterocycles. The van der Waals surface area contributed by atoms with Crippen LogP contribution in [0.15, 0.2) is 17.1 Å². The van der Waals surface area contributed by atoms with E-state index in [1.165, 1.54) is 4.68 Å². The van der Waals surface area contributed by atoms with Gasteiger partial charge in [0.2, 0.25) is 0 Å². The molecule has 1 unspecified atom stereocenters. The first-order chi connectivity index (χ1) is 9.10. The van der Waals surface area contributed by atoms with Crippen molar-refractivity contribution in [3.8, 4) is 0 Å². The van der Waals surface area contributed by atoms with E-state index >= 15 is 0 Å². The Hall–Kier alpha value is -1.40. The summed E-state index contributed by atoms with van der Waals surface area (Å²) in [6, 6.07) is 2.05. The number of nitrogens with one attached hydrogen (secondary N) is 1. The molecule has 1 aliphatic rings. The van der Waals surface area contributed by atoms with E-state index in [4.69, 9.17) is 4.74 Å². The summed E-state index contributed by atoms with van der Waals surface area (Å²) in [5.41, 5.74) is 0.631. The fourth-order valence-corrected chi connectivity index (χ4v) is 2.22. The van der Waals surface area contributed by atoms with Crippen molar-refractivity contribution in [1.29, 1.82) is 0 Å². The molecule has 2 heterocycles. The fraction of sp³-hybridized carbons (Fsp3) is 0.692. The lowest BCUT2D eigenvalue weighted by molar-refractivity contribution is -0.0475. The van der Waals surface area contributed by atoms with Crippen molar-refractivity contribution in [1.82, 2.24) is 14.7 Å². The van der Waals surface area contributed by atoms with Crippen molar-refractivity contribution >= 4 is 5.69 Å². The molecule has 19 heavy (non-hydrogen) atoms. The molecular weight excluding hydrogens is 244 g/mol. The zero-order chi connectivity index (χ0) is 13.8. The van der Waals surface area contributed by atoms with Crippen molar-refractivity contribution in [3.05, 3.63) is 22.6 Å². The number of hydrogen-bond donors (Lipinski definition) is 1. The SMILES string of the molecule is CNc1cnn(CC2CN(C(C)C)CCO2)c(=O)c1. The van der Waals surface area contributed by atoms with Crippen molar-refractivity contribution < 1.29 is 4.74 Å². The second kappa shape index (κ2) is 6.16. The summed E-state index contributed by atoms with van der Waals surface area (Å²) < 4.78 is 7.18. The maximum absolute atomic E-state index is 11.9. The third-order valence-corrected chi connectivity index (χ3v) is 3.44. The predicted molar refractivity (Wildman–Crippen MR) is 74.5 cm³/mol. The summed E-state index contributed by atoms with van der Waals surface area (Å²) in [6.07, 6.45) is 1.69. The van der Waals surface area contributed by atoms with E-state index in [0.29, 0.717) is 19.2 Å². The molecule has 0 radical (unpaired) electrons. The summed E-state index contributed by atoms with van der Waals surface area (Å²) in [5.74, 6) is 0. The van der Waals surface area contributed by atoms with Gasteiger partial charge in [-0.1, -0.05) is 0 Å². The van der Waals surface area contributed by atoms with Crippen LogP contribution >= 0.6 is 0 Å². The standard InChI is InChI=1S/C13H22N4O2/c1-10(2)16-4-5-19-12(8-16)9-17-13(18)6-11(14-3)7-15-17/h6-7,10,12,14H,4-5,8-9H2,1-3H3. The van der Waals surface area contributed by atoms with Crippen LogP contribution in [0, 0.1) is 0 Å². The van der Waals surface area contributed by atoms with Crippen LogP contribution in [-0.4, -0.2) is 53.6 Å². The van der Waals surface area contributed by atoms with E-state index < -0.39 is 0 Å². The molecule has 0 amide bonds. The van der Waals surface area contributed by atoms with Gasteiger partial charge in [0.25, 0.3) is 5.56 Å². The van der Waals surface area contributed by atoms with Gasteiger partial charge in [0.05, 0.1) is 31.1 Å². The highest BCUT2D eigenvalue weighted by Crippen LogP contribution is 2.09. The largest absolute Gasteiger partial charge is 0.387 e. The van der Waals surface area contributed by atoms with Gasteiger partial charge in [-0.05, 0) is 13.8 Å². The molecule has 6 nitrogen and oxygen atoms in total. The molecule has 0 spiro atoms. The van der Waals surface area contributed by atoms with Crippen molar-refractivity contribution in [2.75, 3.05) is 32.1 Å². The quantitative estimate of drug-likeness (QED) is 0.854. The number of anilines is 1. The Morgan fingerprint density at radius 2 is 2.37 bits per heavy atom. The van der Waals surface area contributed by atoms with Crippen LogP contribution in [0.25, 0.3) is 0 Å². The minimum Gasteiger partial charge on any atom is -0.387 e. The van der Waals surface area contributed by atoms with Crippen molar-refractivity contribution in [3.63, 3.8) is 0 Å². The second-order valence-corrected chi connectivity index (χ2v) is 5.10. The topological polar surface area (TPSA) is 59.4 Å². The Labute approximate surface area is 113 Å². The van der Waals surface area contributed by atoms with Gasteiger partial charge in [0.15, 0.2) is 0 Å². The molecule has 0 aromatic carbocycles. The highest BCUT2D eigenvalue weighted by atomic mass is 16.5. The van der Waals surface area contributed by atoms with Crippen LogP contribution in [-0.2, 0) is 11.3 Å². The first-order valence-corrected chi connectivity index (χ1v) is 6.70. The summed E-state index contributed by atoms with van der Waals surface area (Å²) in [7, 11) is 1.77. The molecule has 2 rings (SSSR count). The van der Waals surface area contributed by atoms with Crippen LogP contribution in [0.3, 0.4) is 0 Å². The summed E-state index contributed by atoms with van der Waals surface area (Å²) in [6.45, 7) is 7.37. The van der Waals surface area contributed by atoms with Gasteiger partial charge in [-0.3, -0.25) is 9.69 Å². The average molecular weight is 266 g/mol. The Morgan fingerprint density at radius 3 is 3.00 bits per heavy atom. The lowest BCUT2D eigenvalue weighted by Gasteiger charge is -2.35. The van der Waals surface area contributed by atoms with E-state index in [1.54, 1.807) is 19.3 Å². The van der Waals surface area contributed by atoms with Crippen molar-refractivity contribution in [2.45, 2.75) is 32.5 Å². The van der Waals surface area contributed by atoms with E-state index in [-0.39, 0.29) is 11.7 Å². The molecule has 1 atom stereocenters. The van der Waals surface area contributed by atoms with E-state index in [2.05, 4.69) is 29.2 Å². The predicted octanol–water partition coefficient (Wildman–Crippen LogP) is 0.394. The van der Waals surface area contributed by atoms with Gasteiger partial charge in [-0.25, -0.2) is 4.68 Å². The van der Waals surface area contributed by atoms with Crippen LogP contribution in [0.1, 0.15) is 13.8 Å². The third kappa shape index (κ3) is 3.54. The zero-order valence-electron chi connectivity index (χ0n) is 11.8. The van der Waals surface area contributed by atoms with Crippen LogP contribution < -0.4 is 10.9 Å². The molecule has 1 saturated heterocycles. The van der Waals surface area contributed by atoms with Gasteiger partial charge >= 0.3 is 0 Å². The Kier molecular flexibility index (Phi) is 4.55. The molecule has 106 valence electrons. The minimum absolute atomic E-state index is 0.0294.